The van der Waals surface area contributed by atoms with Gasteiger partial charge in [-0.1, -0.05) is 54.6 Å². The van der Waals surface area contributed by atoms with Gasteiger partial charge < -0.3 is 0 Å². The second-order valence-electron chi connectivity index (χ2n) is 3.57. The Bertz CT molecular complexity index is 477. The molecule has 2 rings (SSSR count). The second-order valence-corrected chi connectivity index (χ2v) is 4.59. The molecule has 0 saturated carbocycles. The van der Waals surface area contributed by atoms with E-state index in [1.165, 1.54) is 0 Å². The molecule has 0 spiro atoms. The lowest BCUT2D eigenvalue weighted by atomic mass is 10.0. The largest absolute Gasteiger partial charge is 0.510 e. The van der Waals surface area contributed by atoms with E-state index in [0.29, 0.717) is 0 Å². The van der Waals surface area contributed by atoms with E-state index in [1.807, 2.05) is 54.6 Å². The molecular weight excluding hydrogens is 219 g/mol. The van der Waals surface area contributed by atoms with Gasteiger partial charge >= 0.3 is 8.03 Å². The molecule has 3 heteroatoms. The minimum atomic E-state index is -2.09. The maximum absolute atomic E-state index is 10.7. The molecule has 80 valence electrons. The predicted octanol–water partition coefficient (Wildman–Crippen LogP) is 3.59. The van der Waals surface area contributed by atoms with Gasteiger partial charge in [0.2, 0.25) is 6.16 Å². The minimum absolute atomic E-state index is 0.227. The van der Waals surface area contributed by atoms with Crippen LogP contribution >= 0.6 is 8.03 Å². The zero-order chi connectivity index (χ0) is 11.4. The lowest BCUT2D eigenvalue weighted by Crippen LogP contribution is -1.81. The fourth-order valence-corrected chi connectivity index (χ4v) is 2.11. The van der Waals surface area contributed by atoms with Crippen molar-refractivity contribution in [1.29, 1.82) is 0 Å². The van der Waals surface area contributed by atoms with Gasteiger partial charge in [-0.25, -0.2) is 0 Å². The maximum atomic E-state index is 10.7. The van der Waals surface area contributed by atoms with Gasteiger partial charge in [-0.05, 0) is 15.7 Å². The second kappa shape index (κ2) is 5.02. The molecular formula is C13H12O2P+. The number of rotatable bonds is 3. The molecule has 2 aromatic carbocycles. The molecule has 0 amide bonds. The van der Waals surface area contributed by atoms with Gasteiger partial charge in [0.15, 0.2) is 0 Å². The summed E-state index contributed by atoms with van der Waals surface area (Å²) in [6.07, 6.45) is 0.227. The summed E-state index contributed by atoms with van der Waals surface area (Å²) in [6, 6.07) is 17.8. The van der Waals surface area contributed by atoms with Crippen molar-refractivity contribution in [3.05, 3.63) is 60.2 Å². The minimum Gasteiger partial charge on any atom is -0.160 e. The molecule has 2 nitrogen and oxygen atoms in total. The zero-order valence-electron chi connectivity index (χ0n) is 8.71. The smallest absolute Gasteiger partial charge is 0.160 e. The molecule has 0 radical (unpaired) electrons. The van der Waals surface area contributed by atoms with E-state index in [0.717, 1.165) is 16.7 Å². The average molecular weight is 231 g/mol. The fourth-order valence-electron chi connectivity index (χ4n) is 1.59. The van der Waals surface area contributed by atoms with E-state index in [-0.39, 0.29) is 6.16 Å². The summed E-state index contributed by atoms with van der Waals surface area (Å²) in [5.41, 5.74) is 3.17. The SMILES string of the molecule is O=[P+](O)Cc1ccc(-c2ccccc2)cc1. The molecule has 1 N–H and O–H groups in total. The molecule has 0 saturated heterocycles. The molecule has 1 atom stereocenters. The molecule has 0 aliphatic carbocycles. The van der Waals surface area contributed by atoms with E-state index >= 15 is 0 Å². The first-order valence-electron chi connectivity index (χ1n) is 5.03. The Hall–Kier alpha value is -1.50. The summed E-state index contributed by atoms with van der Waals surface area (Å²) < 4.78 is 10.7. The van der Waals surface area contributed by atoms with Crippen molar-refractivity contribution in [3.63, 3.8) is 0 Å². The van der Waals surface area contributed by atoms with Crippen molar-refractivity contribution in [2.45, 2.75) is 6.16 Å². The van der Waals surface area contributed by atoms with Crippen LogP contribution in [0.5, 0.6) is 0 Å². The van der Waals surface area contributed by atoms with Crippen LogP contribution in [0.1, 0.15) is 5.56 Å². The third kappa shape index (κ3) is 2.75. The van der Waals surface area contributed by atoms with E-state index < -0.39 is 8.03 Å². The Labute approximate surface area is 95.4 Å². The van der Waals surface area contributed by atoms with Crippen molar-refractivity contribution < 1.29 is 9.46 Å². The highest BCUT2D eigenvalue weighted by Crippen LogP contribution is 2.24. The first-order chi connectivity index (χ1) is 7.75. The van der Waals surface area contributed by atoms with Gasteiger partial charge in [-0.15, -0.1) is 0 Å². The van der Waals surface area contributed by atoms with Crippen LogP contribution in [0.3, 0.4) is 0 Å². The van der Waals surface area contributed by atoms with E-state index in [4.69, 9.17) is 4.89 Å². The lowest BCUT2D eigenvalue weighted by Gasteiger charge is -2.01. The van der Waals surface area contributed by atoms with Crippen LogP contribution < -0.4 is 0 Å². The highest BCUT2D eigenvalue weighted by Gasteiger charge is 2.10. The zero-order valence-corrected chi connectivity index (χ0v) is 9.60. The van der Waals surface area contributed by atoms with Crippen LogP contribution in [0.4, 0.5) is 0 Å². The fraction of sp³-hybridized carbons (Fsp3) is 0.0769. The van der Waals surface area contributed by atoms with E-state index in [1.54, 1.807) is 0 Å². The van der Waals surface area contributed by atoms with Crippen LogP contribution in [0.15, 0.2) is 54.6 Å². The molecule has 0 fully saturated rings. The molecule has 1 unspecified atom stereocenters. The van der Waals surface area contributed by atoms with Gasteiger partial charge in [0.05, 0.1) is 0 Å². The average Bonchev–Trinajstić information content (AvgIpc) is 2.30. The van der Waals surface area contributed by atoms with Crippen molar-refractivity contribution in [3.8, 4) is 11.1 Å². The lowest BCUT2D eigenvalue weighted by molar-refractivity contribution is 0.502. The summed E-state index contributed by atoms with van der Waals surface area (Å²) in [6.45, 7) is 0. The Kier molecular flexibility index (Phi) is 3.45. The van der Waals surface area contributed by atoms with Gasteiger partial charge in [0, 0.05) is 5.56 Å². The Morgan fingerprint density at radius 2 is 1.44 bits per heavy atom. The van der Waals surface area contributed by atoms with Crippen molar-refractivity contribution >= 4 is 8.03 Å². The van der Waals surface area contributed by atoms with Crippen LogP contribution in [0.25, 0.3) is 11.1 Å². The van der Waals surface area contributed by atoms with Crippen LogP contribution in [0, 0.1) is 0 Å². The summed E-state index contributed by atoms with van der Waals surface area (Å²) in [5, 5.41) is 0. The van der Waals surface area contributed by atoms with Crippen LogP contribution in [0.2, 0.25) is 0 Å². The number of hydrogen-bond acceptors (Lipinski definition) is 1. The Balaban J connectivity index is 2.23. The van der Waals surface area contributed by atoms with Gasteiger partial charge in [0.25, 0.3) is 0 Å². The first-order valence-corrected chi connectivity index (χ1v) is 6.43. The molecule has 0 heterocycles. The van der Waals surface area contributed by atoms with Crippen LogP contribution in [-0.2, 0) is 10.7 Å². The maximum Gasteiger partial charge on any atom is 0.510 e. The molecule has 2 aromatic rings. The summed E-state index contributed by atoms with van der Waals surface area (Å²) in [5.74, 6) is 0. The highest BCUT2D eigenvalue weighted by molar-refractivity contribution is 7.37. The van der Waals surface area contributed by atoms with Crippen LogP contribution in [-0.4, -0.2) is 4.89 Å². The third-order valence-corrected chi connectivity index (χ3v) is 3.01. The standard InChI is InChI=1S/C13H11O2P/c14-16(15)10-11-6-8-13(9-7-11)12-4-2-1-3-5-12/h1-9H,10H2/p+1. The summed E-state index contributed by atoms with van der Waals surface area (Å²) in [4.78, 5) is 8.80. The van der Waals surface area contributed by atoms with Gasteiger partial charge in [0.1, 0.15) is 0 Å². The van der Waals surface area contributed by atoms with Crippen molar-refractivity contribution in [2.24, 2.45) is 0 Å². The molecule has 0 aromatic heterocycles. The molecule has 0 bridgehead atoms. The summed E-state index contributed by atoms with van der Waals surface area (Å²) in [7, 11) is -2.09. The van der Waals surface area contributed by atoms with Crippen molar-refractivity contribution in [1.82, 2.24) is 0 Å². The quantitative estimate of drug-likeness (QED) is 0.819. The Morgan fingerprint density at radius 1 is 0.875 bits per heavy atom. The molecule has 0 aliphatic rings. The number of benzene rings is 2. The topological polar surface area (TPSA) is 37.3 Å². The monoisotopic (exact) mass is 231 g/mol. The molecule has 0 aliphatic heterocycles. The summed E-state index contributed by atoms with van der Waals surface area (Å²) >= 11 is 0. The first kappa shape index (κ1) is 11.0. The Morgan fingerprint density at radius 3 is 2.00 bits per heavy atom. The highest BCUT2D eigenvalue weighted by atomic mass is 31.1. The van der Waals surface area contributed by atoms with Crippen molar-refractivity contribution in [2.75, 3.05) is 0 Å². The normalized spacial score (nSPS) is 11.2. The third-order valence-electron chi connectivity index (χ3n) is 2.38. The van der Waals surface area contributed by atoms with E-state index in [2.05, 4.69) is 0 Å². The number of hydrogen-bond donors (Lipinski definition) is 1. The molecule has 16 heavy (non-hydrogen) atoms. The predicted molar refractivity (Wildman–Crippen MR) is 65.4 cm³/mol. The van der Waals surface area contributed by atoms with Gasteiger partial charge in [-0.2, -0.15) is 4.89 Å². The van der Waals surface area contributed by atoms with Gasteiger partial charge in [-0.3, -0.25) is 0 Å². The van der Waals surface area contributed by atoms with E-state index in [9.17, 15) is 4.57 Å².